The molecule has 2 aromatic carbocycles. The van der Waals surface area contributed by atoms with Crippen molar-refractivity contribution in [2.24, 2.45) is 10.5 Å². The van der Waals surface area contributed by atoms with Gasteiger partial charge in [0, 0.05) is 35.8 Å². The molecule has 36 heavy (non-hydrogen) atoms. The number of carbonyl (C=O) groups excluding carboxylic acids is 2. The van der Waals surface area contributed by atoms with Crippen molar-refractivity contribution in [3.63, 3.8) is 0 Å². The quantitative estimate of drug-likeness (QED) is 0.542. The first-order valence-electron chi connectivity index (χ1n) is 12.1. The number of likely N-dealkylation sites (tertiary alicyclic amines) is 1. The zero-order valence-electron chi connectivity index (χ0n) is 21.0. The lowest BCUT2D eigenvalue weighted by atomic mass is 9.83. The van der Waals surface area contributed by atoms with Crippen LogP contribution in [-0.4, -0.2) is 65.8 Å². The Morgan fingerprint density at radius 1 is 1.00 bits per heavy atom. The number of fused-ring (bicyclic) bond motifs is 1. The molecule has 1 saturated heterocycles. The first-order chi connectivity index (χ1) is 17.3. The van der Waals surface area contributed by atoms with E-state index in [1.165, 1.54) is 0 Å². The number of methoxy groups -OCH3 is 2. The van der Waals surface area contributed by atoms with E-state index in [9.17, 15) is 9.59 Å². The second-order valence-electron chi connectivity index (χ2n) is 9.73. The minimum atomic E-state index is -0.773. The number of amides is 2. The monoisotopic (exact) mass is 486 g/mol. The summed E-state index contributed by atoms with van der Waals surface area (Å²) >= 11 is 0. The molecule has 5 rings (SSSR count). The maximum atomic E-state index is 13.4. The Balaban J connectivity index is 1.32. The van der Waals surface area contributed by atoms with Gasteiger partial charge in [0.2, 0.25) is 0 Å². The van der Waals surface area contributed by atoms with Crippen LogP contribution in [-0.2, 0) is 4.79 Å². The second kappa shape index (κ2) is 9.26. The van der Waals surface area contributed by atoms with Crippen LogP contribution in [0.2, 0.25) is 0 Å². The maximum absolute atomic E-state index is 13.4. The van der Waals surface area contributed by atoms with Gasteiger partial charge in [0.15, 0.2) is 11.5 Å². The molecule has 8 nitrogen and oxygen atoms in total. The van der Waals surface area contributed by atoms with E-state index >= 15 is 0 Å². The number of hydrazone groups is 1. The summed E-state index contributed by atoms with van der Waals surface area (Å²) < 4.78 is 10.8. The highest BCUT2D eigenvalue weighted by atomic mass is 16.5. The molecule has 0 radical (unpaired) electrons. The zero-order chi connectivity index (χ0) is 25.4. The largest absolute Gasteiger partial charge is 0.493 e. The molecule has 186 valence electrons. The van der Waals surface area contributed by atoms with Gasteiger partial charge >= 0.3 is 0 Å². The third kappa shape index (κ3) is 4.06. The zero-order valence-corrected chi connectivity index (χ0v) is 21.0. The molecule has 2 amide bonds. The van der Waals surface area contributed by atoms with E-state index in [1.807, 2.05) is 67.3 Å². The summed E-state index contributed by atoms with van der Waals surface area (Å²) in [5.41, 5.74) is 2.19. The Morgan fingerprint density at radius 2 is 1.75 bits per heavy atom. The predicted octanol–water partition coefficient (Wildman–Crippen LogP) is 4.13. The van der Waals surface area contributed by atoms with E-state index in [1.54, 1.807) is 25.4 Å². The molecular weight excluding hydrogens is 456 g/mol. The number of hydrogen-bond acceptors (Lipinski definition) is 6. The van der Waals surface area contributed by atoms with Crippen molar-refractivity contribution in [2.45, 2.75) is 32.7 Å². The third-order valence-corrected chi connectivity index (χ3v) is 7.15. The normalized spacial score (nSPS) is 17.9. The lowest BCUT2D eigenvalue weighted by Crippen LogP contribution is -2.47. The molecule has 1 fully saturated rings. The van der Waals surface area contributed by atoms with Gasteiger partial charge in [0.25, 0.3) is 11.8 Å². The second-order valence-corrected chi connectivity index (χ2v) is 9.73. The van der Waals surface area contributed by atoms with Gasteiger partial charge in [-0.05, 0) is 63.1 Å². The first kappa shape index (κ1) is 23.8. The van der Waals surface area contributed by atoms with Crippen LogP contribution in [0.15, 0.2) is 59.8 Å². The number of aromatic nitrogens is 1. The molecular formula is C28H30N4O4. The van der Waals surface area contributed by atoms with Crippen LogP contribution in [0, 0.1) is 5.41 Å². The van der Waals surface area contributed by atoms with Crippen LogP contribution in [0.3, 0.4) is 0 Å². The minimum absolute atomic E-state index is 0.0106. The van der Waals surface area contributed by atoms with Crippen LogP contribution < -0.4 is 9.47 Å². The molecule has 8 heteroatoms. The Kier molecular flexibility index (Phi) is 6.12. The van der Waals surface area contributed by atoms with Crippen LogP contribution in [0.4, 0.5) is 0 Å². The lowest BCUT2D eigenvalue weighted by molar-refractivity contribution is -0.137. The SMILES string of the molecule is COc1ccc(C2=NN(C3CCN(C(=O)c4ccc5cccnc5c4)CC3)C(=O)C2(C)C)cc1OC. The summed E-state index contributed by atoms with van der Waals surface area (Å²) in [7, 11) is 3.18. The van der Waals surface area contributed by atoms with Crippen LogP contribution in [0.25, 0.3) is 10.9 Å². The van der Waals surface area contributed by atoms with Crippen molar-refractivity contribution in [1.82, 2.24) is 14.9 Å². The fourth-order valence-corrected chi connectivity index (χ4v) is 5.01. The molecule has 0 saturated carbocycles. The number of ether oxygens (including phenoxy) is 2. The van der Waals surface area contributed by atoms with Crippen molar-refractivity contribution in [2.75, 3.05) is 27.3 Å². The molecule has 0 bridgehead atoms. The van der Waals surface area contributed by atoms with E-state index in [0.29, 0.717) is 48.7 Å². The predicted molar refractivity (Wildman–Crippen MR) is 137 cm³/mol. The van der Waals surface area contributed by atoms with Gasteiger partial charge in [-0.15, -0.1) is 0 Å². The van der Waals surface area contributed by atoms with Gasteiger partial charge in [-0.1, -0.05) is 12.1 Å². The standard InChI is InChI=1S/C28H30N4O4/c1-28(2)25(19-9-10-23(35-3)24(17-19)36-4)30-32(27(28)34)21-11-14-31(15-12-21)26(33)20-8-7-18-6-5-13-29-22(18)16-20/h5-10,13,16-17,21H,11-12,14-15H2,1-4H3. The first-order valence-corrected chi connectivity index (χ1v) is 12.1. The summed E-state index contributed by atoms with van der Waals surface area (Å²) in [6.07, 6.45) is 3.07. The summed E-state index contributed by atoms with van der Waals surface area (Å²) in [6.45, 7) is 4.93. The van der Waals surface area contributed by atoms with Crippen molar-refractivity contribution in [3.05, 3.63) is 65.9 Å². The van der Waals surface area contributed by atoms with Gasteiger partial charge in [-0.3, -0.25) is 14.6 Å². The van der Waals surface area contributed by atoms with Crippen molar-refractivity contribution < 1.29 is 19.1 Å². The minimum Gasteiger partial charge on any atom is -0.493 e. The number of rotatable bonds is 5. The smallest absolute Gasteiger partial charge is 0.254 e. The Labute approximate surface area is 210 Å². The molecule has 0 spiro atoms. The van der Waals surface area contributed by atoms with E-state index in [2.05, 4.69) is 4.98 Å². The molecule has 0 atom stereocenters. The number of hydrogen-bond donors (Lipinski definition) is 0. The van der Waals surface area contributed by atoms with Gasteiger partial charge in [0.05, 0.1) is 36.9 Å². The molecule has 3 aromatic rings. The van der Waals surface area contributed by atoms with Crippen LogP contribution >= 0.6 is 0 Å². The number of carbonyl (C=O) groups is 2. The Morgan fingerprint density at radius 3 is 2.47 bits per heavy atom. The topological polar surface area (TPSA) is 84.3 Å². The molecule has 1 aromatic heterocycles. The Bertz CT molecular complexity index is 1360. The maximum Gasteiger partial charge on any atom is 0.254 e. The van der Waals surface area contributed by atoms with Crippen LogP contribution in [0.5, 0.6) is 11.5 Å². The van der Waals surface area contributed by atoms with E-state index in [4.69, 9.17) is 14.6 Å². The average Bonchev–Trinajstić information content (AvgIpc) is 3.16. The summed E-state index contributed by atoms with van der Waals surface area (Å²) in [5.74, 6) is 1.18. The van der Waals surface area contributed by atoms with Crippen molar-refractivity contribution >= 4 is 28.4 Å². The van der Waals surface area contributed by atoms with Gasteiger partial charge in [-0.25, -0.2) is 5.01 Å². The fraction of sp³-hybridized carbons (Fsp3) is 0.357. The third-order valence-electron chi connectivity index (χ3n) is 7.15. The average molecular weight is 487 g/mol. The molecule has 0 N–H and O–H groups in total. The van der Waals surface area contributed by atoms with E-state index in [-0.39, 0.29) is 17.9 Å². The van der Waals surface area contributed by atoms with Gasteiger partial charge in [0.1, 0.15) is 0 Å². The van der Waals surface area contributed by atoms with Gasteiger partial charge < -0.3 is 14.4 Å². The summed E-state index contributed by atoms with van der Waals surface area (Å²) in [6, 6.07) is 15.0. The molecule has 3 heterocycles. The molecule has 2 aliphatic rings. The van der Waals surface area contributed by atoms with E-state index < -0.39 is 5.41 Å². The highest BCUT2D eigenvalue weighted by Gasteiger charge is 2.47. The summed E-state index contributed by atoms with van der Waals surface area (Å²) in [5, 5.41) is 7.44. The highest BCUT2D eigenvalue weighted by Crippen LogP contribution is 2.37. The number of nitrogens with zero attached hydrogens (tertiary/aromatic N) is 4. The van der Waals surface area contributed by atoms with E-state index in [0.717, 1.165) is 16.5 Å². The highest BCUT2D eigenvalue weighted by molar-refractivity contribution is 6.19. The summed E-state index contributed by atoms with van der Waals surface area (Å²) in [4.78, 5) is 32.8. The number of piperidine rings is 1. The number of pyridine rings is 1. The molecule has 0 unspecified atom stereocenters. The number of benzene rings is 2. The van der Waals surface area contributed by atoms with Crippen LogP contribution in [0.1, 0.15) is 42.6 Å². The fourth-order valence-electron chi connectivity index (χ4n) is 5.01. The van der Waals surface area contributed by atoms with Crippen molar-refractivity contribution in [3.8, 4) is 11.5 Å². The lowest BCUT2D eigenvalue weighted by Gasteiger charge is -2.35. The molecule has 2 aliphatic heterocycles. The Hall–Kier alpha value is -3.94. The van der Waals surface area contributed by atoms with Gasteiger partial charge in [-0.2, -0.15) is 5.10 Å². The molecule has 0 aliphatic carbocycles. The van der Waals surface area contributed by atoms with Crippen molar-refractivity contribution in [1.29, 1.82) is 0 Å².